The first-order valence-electron chi connectivity index (χ1n) is 7.37. The van der Waals surface area contributed by atoms with E-state index in [2.05, 4.69) is 32.3 Å². The van der Waals surface area contributed by atoms with E-state index in [1.165, 1.54) is 0 Å². The van der Waals surface area contributed by atoms with Crippen molar-refractivity contribution in [2.24, 2.45) is 0 Å². The Hall–Kier alpha value is -2.76. The van der Waals surface area contributed by atoms with Crippen molar-refractivity contribution in [3.63, 3.8) is 0 Å². The van der Waals surface area contributed by atoms with Crippen LogP contribution < -0.4 is 5.32 Å². The first kappa shape index (κ1) is 12.9. The summed E-state index contributed by atoms with van der Waals surface area (Å²) in [5.41, 5.74) is 3.97. The highest BCUT2D eigenvalue weighted by molar-refractivity contribution is 5.69. The number of aryl methyl sites for hydroxylation is 1. The summed E-state index contributed by atoms with van der Waals surface area (Å²) in [6, 6.07) is 5.87. The van der Waals surface area contributed by atoms with Crippen LogP contribution in [0.3, 0.4) is 0 Å². The Kier molecular flexibility index (Phi) is 3.07. The summed E-state index contributed by atoms with van der Waals surface area (Å²) in [6.07, 6.45) is 5.30. The van der Waals surface area contributed by atoms with Crippen molar-refractivity contribution < 1.29 is 4.52 Å². The van der Waals surface area contributed by atoms with Crippen molar-refractivity contribution in [3.05, 3.63) is 41.7 Å². The average Bonchev–Trinajstić information content (AvgIpc) is 3.23. The summed E-state index contributed by atoms with van der Waals surface area (Å²) in [5, 5.41) is 7.36. The smallest absolute Gasteiger partial charge is 0.258 e. The maximum Gasteiger partial charge on any atom is 0.258 e. The van der Waals surface area contributed by atoms with E-state index in [1.807, 2.05) is 18.2 Å². The topological polar surface area (TPSA) is 76.7 Å². The first-order valence-corrected chi connectivity index (χ1v) is 7.37. The van der Waals surface area contributed by atoms with E-state index >= 15 is 0 Å². The molecule has 6 heteroatoms. The Morgan fingerprint density at radius 3 is 3.09 bits per heavy atom. The molecule has 0 fully saturated rings. The minimum Gasteiger partial charge on any atom is -0.369 e. The van der Waals surface area contributed by atoms with Gasteiger partial charge in [0.05, 0.1) is 0 Å². The fraction of sp³-hybridized carbons (Fsp3) is 0.250. The van der Waals surface area contributed by atoms with Crippen molar-refractivity contribution in [2.75, 3.05) is 11.9 Å². The molecule has 6 nitrogen and oxygen atoms in total. The molecule has 0 radical (unpaired) electrons. The number of anilines is 1. The molecule has 0 aromatic carbocycles. The van der Waals surface area contributed by atoms with Gasteiger partial charge in [-0.05, 0) is 30.5 Å². The molecule has 1 aliphatic rings. The number of aromatic nitrogens is 4. The second-order valence-electron chi connectivity index (χ2n) is 5.15. The number of hydrogen-bond acceptors (Lipinski definition) is 6. The predicted octanol–water partition coefficient (Wildman–Crippen LogP) is 2.72. The van der Waals surface area contributed by atoms with Gasteiger partial charge in [-0.15, -0.1) is 0 Å². The molecule has 3 aromatic rings. The second-order valence-corrected chi connectivity index (χ2v) is 5.15. The Bertz CT molecular complexity index is 827. The van der Waals surface area contributed by atoms with E-state index in [1.54, 1.807) is 12.4 Å². The number of pyridine rings is 2. The molecule has 0 unspecified atom stereocenters. The van der Waals surface area contributed by atoms with Gasteiger partial charge in [-0.3, -0.25) is 4.98 Å². The largest absolute Gasteiger partial charge is 0.369 e. The number of hydrogen-bond donors (Lipinski definition) is 1. The molecule has 0 saturated carbocycles. The van der Waals surface area contributed by atoms with Crippen LogP contribution >= 0.6 is 0 Å². The van der Waals surface area contributed by atoms with Crippen LogP contribution in [-0.4, -0.2) is 26.7 Å². The number of nitrogens with one attached hydrogen (secondary N) is 1. The lowest BCUT2D eigenvalue weighted by Gasteiger charge is -2.02. The molecule has 3 aromatic heterocycles. The van der Waals surface area contributed by atoms with E-state index in [0.29, 0.717) is 11.7 Å². The summed E-state index contributed by atoms with van der Waals surface area (Å²) in [4.78, 5) is 13.3. The standard InChI is InChI=1S/C16H15N5O/c1-2-10-4-3-7-17-13(10)15-20-16(22-21-15)12-6-9-19-14-11(12)5-8-18-14/h3-4,6-7,9H,2,5,8H2,1H3,(H,18,19). The van der Waals surface area contributed by atoms with Crippen LogP contribution in [0.2, 0.25) is 0 Å². The Balaban J connectivity index is 1.78. The minimum absolute atomic E-state index is 0.519. The van der Waals surface area contributed by atoms with Crippen LogP contribution in [0.15, 0.2) is 35.1 Å². The van der Waals surface area contributed by atoms with Crippen molar-refractivity contribution in [1.29, 1.82) is 0 Å². The van der Waals surface area contributed by atoms with Gasteiger partial charge < -0.3 is 9.84 Å². The van der Waals surface area contributed by atoms with E-state index in [9.17, 15) is 0 Å². The predicted molar refractivity (Wildman–Crippen MR) is 82.3 cm³/mol. The highest BCUT2D eigenvalue weighted by atomic mass is 16.5. The lowest BCUT2D eigenvalue weighted by atomic mass is 10.1. The fourth-order valence-electron chi connectivity index (χ4n) is 2.76. The van der Waals surface area contributed by atoms with Gasteiger partial charge in [0, 0.05) is 30.1 Å². The second kappa shape index (κ2) is 5.22. The maximum atomic E-state index is 5.47. The molecule has 0 saturated heterocycles. The lowest BCUT2D eigenvalue weighted by molar-refractivity contribution is 0.431. The fourth-order valence-corrected chi connectivity index (χ4v) is 2.76. The zero-order valence-electron chi connectivity index (χ0n) is 12.2. The normalized spacial score (nSPS) is 13.0. The third-order valence-corrected chi connectivity index (χ3v) is 3.86. The van der Waals surface area contributed by atoms with Crippen LogP contribution in [0, 0.1) is 0 Å². The molecule has 4 heterocycles. The van der Waals surface area contributed by atoms with E-state index < -0.39 is 0 Å². The monoisotopic (exact) mass is 293 g/mol. The van der Waals surface area contributed by atoms with Crippen LogP contribution in [-0.2, 0) is 12.8 Å². The van der Waals surface area contributed by atoms with Crippen LogP contribution in [0.5, 0.6) is 0 Å². The van der Waals surface area contributed by atoms with Gasteiger partial charge in [-0.25, -0.2) is 4.98 Å². The van der Waals surface area contributed by atoms with Crippen LogP contribution in [0.4, 0.5) is 5.82 Å². The molecular formula is C16H15N5O. The Morgan fingerprint density at radius 2 is 2.18 bits per heavy atom. The van der Waals surface area contributed by atoms with Gasteiger partial charge in [-0.2, -0.15) is 4.98 Å². The highest BCUT2D eigenvalue weighted by Gasteiger charge is 2.21. The number of fused-ring (bicyclic) bond motifs is 1. The van der Waals surface area contributed by atoms with Crippen molar-refractivity contribution >= 4 is 5.82 Å². The van der Waals surface area contributed by atoms with Crippen molar-refractivity contribution in [3.8, 4) is 23.0 Å². The lowest BCUT2D eigenvalue weighted by Crippen LogP contribution is -1.93. The summed E-state index contributed by atoms with van der Waals surface area (Å²) >= 11 is 0. The van der Waals surface area contributed by atoms with Gasteiger partial charge in [-0.1, -0.05) is 18.1 Å². The molecule has 0 bridgehead atoms. The molecule has 110 valence electrons. The zero-order chi connectivity index (χ0) is 14.9. The van der Waals surface area contributed by atoms with Gasteiger partial charge >= 0.3 is 0 Å². The third kappa shape index (κ3) is 2.04. The summed E-state index contributed by atoms with van der Waals surface area (Å²) in [5.74, 6) is 1.96. The van der Waals surface area contributed by atoms with Gasteiger partial charge in [0.15, 0.2) is 0 Å². The molecule has 0 amide bonds. The number of nitrogens with zero attached hydrogens (tertiary/aromatic N) is 4. The summed E-state index contributed by atoms with van der Waals surface area (Å²) < 4.78 is 5.47. The Labute approximate surface area is 127 Å². The number of rotatable bonds is 3. The molecule has 1 N–H and O–H groups in total. The first-order chi connectivity index (χ1) is 10.9. The highest BCUT2D eigenvalue weighted by Crippen LogP contribution is 2.31. The van der Waals surface area contributed by atoms with Crippen molar-refractivity contribution in [2.45, 2.75) is 19.8 Å². The molecular weight excluding hydrogens is 278 g/mol. The SMILES string of the molecule is CCc1cccnc1-c1noc(-c2ccnc3c2CCN3)n1. The molecule has 0 aliphatic carbocycles. The molecule has 0 spiro atoms. The third-order valence-electron chi connectivity index (χ3n) is 3.86. The molecule has 1 aliphatic heterocycles. The molecule has 22 heavy (non-hydrogen) atoms. The minimum atomic E-state index is 0.519. The van der Waals surface area contributed by atoms with E-state index in [0.717, 1.165) is 47.6 Å². The molecule has 4 rings (SSSR count). The van der Waals surface area contributed by atoms with Gasteiger partial charge in [0.1, 0.15) is 11.5 Å². The maximum absolute atomic E-state index is 5.47. The quantitative estimate of drug-likeness (QED) is 0.800. The summed E-state index contributed by atoms with van der Waals surface area (Å²) in [6.45, 7) is 2.98. The van der Waals surface area contributed by atoms with Gasteiger partial charge in [0.2, 0.25) is 5.82 Å². The van der Waals surface area contributed by atoms with Gasteiger partial charge in [0.25, 0.3) is 5.89 Å². The zero-order valence-corrected chi connectivity index (χ0v) is 12.2. The molecule has 0 atom stereocenters. The van der Waals surface area contributed by atoms with Crippen molar-refractivity contribution in [1.82, 2.24) is 20.1 Å². The average molecular weight is 293 g/mol. The van der Waals surface area contributed by atoms with E-state index in [-0.39, 0.29) is 0 Å². The summed E-state index contributed by atoms with van der Waals surface area (Å²) in [7, 11) is 0. The van der Waals surface area contributed by atoms with Crippen LogP contribution in [0.25, 0.3) is 23.0 Å². The van der Waals surface area contributed by atoms with E-state index in [4.69, 9.17) is 4.52 Å². The Morgan fingerprint density at radius 1 is 1.23 bits per heavy atom. The van der Waals surface area contributed by atoms with Crippen LogP contribution in [0.1, 0.15) is 18.1 Å².